The molecule has 0 saturated heterocycles. The Balaban J connectivity index is 1.34. The van der Waals surface area contributed by atoms with E-state index in [2.05, 4.69) is 162 Å². The molecule has 0 fully saturated rings. The Hall–Kier alpha value is -6.69. The number of rotatable bonds is 3. The summed E-state index contributed by atoms with van der Waals surface area (Å²) < 4.78 is 2.31. The van der Waals surface area contributed by atoms with Gasteiger partial charge in [0.05, 0.1) is 22.7 Å². The van der Waals surface area contributed by atoms with E-state index in [1.165, 1.54) is 59.8 Å². The maximum atomic E-state index is 9.86. The monoisotopic (exact) mass is 620 g/mol. The van der Waals surface area contributed by atoms with Gasteiger partial charge in [0.1, 0.15) is 0 Å². The van der Waals surface area contributed by atoms with Crippen molar-refractivity contribution in [2.45, 2.75) is 0 Å². The Bertz CT molecular complexity index is 2880. The van der Waals surface area contributed by atoms with Gasteiger partial charge in [-0.1, -0.05) is 121 Å². The Labute approximate surface area is 283 Å². The third-order valence-electron chi connectivity index (χ3n) is 10.1. The number of fused-ring (bicyclic) bond motifs is 7. The summed E-state index contributed by atoms with van der Waals surface area (Å²) in [6, 6.07) is 63.3. The van der Waals surface area contributed by atoms with Crippen LogP contribution in [0.5, 0.6) is 0 Å². The molecule has 0 aliphatic carbocycles. The lowest BCUT2D eigenvalue weighted by Crippen LogP contribution is -1.94. The minimum Gasteiger partial charge on any atom is -0.309 e. The van der Waals surface area contributed by atoms with E-state index in [9.17, 15) is 5.26 Å². The lowest BCUT2D eigenvalue weighted by atomic mass is 9.83. The first-order valence-electron chi connectivity index (χ1n) is 16.7. The highest BCUT2D eigenvalue weighted by Gasteiger charge is 2.21. The van der Waals surface area contributed by atoms with Crippen LogP contribution in [0.25, 0.3) is 92.8 Å². The molecule has 10 rings (SSSR count). The first kappa shape index (κ1) is 27.4. The number of nitrogens with zero attached hydrogens (tertiary/aromatic N) is 2. The van der Waals surface area contributed by atoms with Crippen LogP contribution < -0.4 is 0 Å². The van der Waals surface area contributed by atoms with Gasteiger partial charge in [-0.15, -0.1) is 0 Å². The first-order valence-corrected chi connectivity index (χ1v) is 16.7. The summed E-state index contributed by atoms with van der Waals surface area (Å²) in [7, 11) is 0. The average molecular weight is 621 g/mol. The second-order valence-corrected chi connectivity index (χ2v) is 12.8. The fraction of sp³-hybridized carbons (Fsp3) is 0. The van der Waals surface area contributed by atoms with E-state index < -0.39 is 0 Å². The summed E-state index contributed by atoms with van der Waals surface area (Å²) in [6.07, 6.45) is 0. The second kappa shape index (κ2) is 10.7. The fourth-order valence-corrected chi connectivity index (χ4v) is 8.10. The number of hydrogen-bond donors (Lipinski definition) is 0. The summed E-state index contributed by atoms with van der Waals surface area (Å²) in [5.41, 5.74) is 8.89. The van der Waals surface area contributed by atoms with Gasteiger partial charge >= 0.3 is 0 Å². The molecule has 1 heterocycles. The van der Waals surface area contributed by atoms with Crippen LogP contribution in [-0.2, 0) is 0 Å². The highest BCUT2D eigenvalue weighted by atomic mass is 15.0. The highest BCUT2D eigenvalue weighted by molar-refractivity contribution is 6.27. The van der Waals surface area contributed by atoms with Gasteiger partial charge in [0.2, 0.25) is 0 Å². The van der Waals surface area contributed by atoms with Gasteiger partial charge in [-0.05, 0) is 114 Å². The van der Waals surface area contributed by atoms with Crippen LogP contribution in [0, 0.1) is 11.3 Å². The topological polar surface area (TPSA) is 28.7 Å². The van der Waals surface area contributed by atoms with Gasteiger partial charge in [0, 0.05) is 16.5 Å². The van der Waals surface area contributed by atoms with Crippen molar-refractivity contribution in [1.82, 2.24) is 4.57 Å². The lowest BCUT2D eigenvalue weighted by molar-refractivity contribution is 1.18. The zero-order chi connectivity index (χ0) is 32.5. The summed E-state index contributed by atoms with van der Waals surface area (Å²) in [6.45, 7) is 0. The summed E-state index contributed by atoms with van der Waals surface area (Å²) in [4.78, 5) is 0. The van der Waals surface area contributed by atoms with E-state index in [1.807, 2.05) is 18.2 Å². The molecule has 0 amide bonds. The molecule has 226 valence electrons. The third-order valence-corrected chi connectivity index (χ3v) is 10.1. The molecule has 0 aliphatic rings. The van der Waals surface area contributed by atoms with E-state index in [-0.39, 0.29) is 0 Å². The number of para-hydroxylation sites is 1. The summed E-state index contributed by atoms with van der Waals surface area (Å²) >= 11 is 0. The van der Waals surface area contributed by atoms with E-state index >= 15 is 0 Å². The van der Waals surface area contributed by atoms with Crippen LogP contribution >= 0.6 is 0 Å². The molecule has 0 atom stereocenters. The zero-order valence-electron chi connectivity index (χ0n) is 26.6. The number of hydrogen-bond acceptors (Lipinski definition) is 1. The smallest absolute Gasteiger partial charge is 0.0991 e. The minimum atomic E-state index is 0.660. The lowest BCUT2D eigenvalue weighted by Gasteiger charge is -2.20. The first-order chi connectivity index (χ1) is 24.3. The Morgan fingerprint density at radius 1 is 0.367 bits per heavy atom. The highest BCUT2D eigenvalue weighted by Crippen LogP contribution is 2.48. The standard InChI is InChI=1S/C47H28N2/c48-29-30-22-24-43-41(26-30)42-28-33(23-25-44(42)49(43)34-14-2-1-3-15-34)45-37-18-8-10-20-39(37)47(40-21-11-9-19-38(40)45)46-35-16-6-4-12-31(35)27-32-13-5-7-17-36(32)46/h1-28H. The fourth-order valence-electron chi connectivity index (χ4n) is 8.10. The van der Waals surface area contributed by atoms with Gasteiger partial charge in [-0.3, -0.25) is 0 Å². The molecule has 0 unspecified atom stereocenters. The molecule has 0 bridgehead atoms. The number of aromatic nitrogens is 1. The van der Waals surface area contributed by atoms with Crippen molar-refractivity contribution in [1.29, 1.82) is 5.26 Å². The molecule has 0 N–H and O–H groups in total. The number of benzene rings is 9. The van der Waals surface area contributed by atoms with E-state index in [4.69, 9.17) is 0 Å². The van der Waals surface area contributed by atoms with E-state index in [1.54, 1.807) is 0 Å². The van der Waals surface area contributed by atoms with Crippen LogP contribution in [0.2, 0.25) is 0 Å². The van der Waals surface area contributed by atoms with Crippen LogP contribution in [0.1, 0.15) is 5.56 Å². The molecule has 10 aromatic rings. The molecule has 0 radical (unpaired) electrons. The maximum absolute atomic E-state index is 9.86. The van der Waals surface area contributed by atoms with Crippen LogP contribution in [0.15, 0.2) is 170 Å². The maximum Gasteiger partial charge on any atom is 0.0991 e. The van der Waals surface area contributed by atoms with Crippen LogP contribution in [0.4, 0.5) is 0 Å². The Morgan fingerprint density at radius 2 is 0.837 bits per heavy atom. The summed E-state index contributed by atoms with van der Waals surface area (Å²) in [5, 5.41) is 22.0. The molecular formula is C47H28N2. The van der Waals surface area contributed by atoms with Crippen molar-refractivity contribution in [2.24, 2.45) is 0 Å². The molecule has 2 nitrogen and oxygen atoms in total. The second-order valence-electron chi connectivity index (χ2n) is 12.8. The van der Waals surface area contributed by atoms with Gasteiger partial charge in [-0.25, -0.2) is 0 Å². The average Bonchev–Trinajstić information content (AvgIpc) is 3.49. The minimum absolute atomic E-state index is 0.660. The van der Waals surface area contributed by atoms with Gasteiger partial charge in [-0.2, -0.15) is 5.26 Å². The largest absolute Gasteiger partial charge is 0.309 e. The van der Waals surface area contributed by atoms with Crippen LogP contribution in [-0.4, -0.2) is 4.57 Å². The summed E-state index contributed by atoms with van der Waals surface area (Å²) in [5.74, 6) is 0. The molecule has 2 heteroatoms. The van der Waals surface area contributed by atoms with Gasteiger partial charge in [0.25, 0.3) is 0 Å². The molecule has 0 aliphatic heterocycles. The van der Waals surface area contributed by atoms with Crippen molar-refractivity contribution >= 4 is 64.9 Å². The zero-order valence-corrected chi connectivity index (χ0v) is 26.6. The van der Waals surface area contributed by atoms with Gasteiger partial charge < -0.3 is 4.57 Å². The van der Waals surface area contributed by atoms with Crippen molar-refractivity contribution in [3.05, 3.63) is 175 Å². The quantitative estimate of drug-likeness (QED) is 0.181. The molecule has 9 aromatic carbocycles. The molecule has 0 spiro atoms. The van der Waals surface area contributed by atoms with Crippen molar-refractivity contribution in [3.8, 4) is 34.0 Å². The van der Waals surface area contributed by atoms with Crippen molar-refractivity contribution in [2.75, 3.05) is 0 Å². The Morgan fingerprint density at radius 3 is 1.43 bits per heavy atom. The normalized spacial score (nSPS) is 11.7. The van der Waals surface area contributed by atoms with E-state index in [0.29, 0.717) is 5.56 Å². The molecular weight excluding hydrogens is 593 g/mol. The van der Waals surface area contributed by atoms with Crippen LogP contribution in [0.3, 0.4) is 0 Å². The Kier molecular flexibility index (Phi) is 5.97. The van der Waals surface area contributed by atoms with Crippen molar-refractivity contribution in [3.63, 3.8) is 0 Å². The molecule has 49 heavy (non-hydrogen) atoms. The third kappa shape index (κ3) is 4.07. The number of nitriles is 1. The molecule has 0 saturated carbocycles. The van der Waals surface area contributed by atoms with E-state index in [0.717, 1.165) is 33.1 Å². The predicted octanol–water partition coefficient (Wildman–Crippen LogP) is 12.6. The van der Waals surface area contributed by atoms with Gasteiger partial charge in [0.15, 0.2) is 0 Å². The molecule has 1 aromatic heterocycles. The SMILES string of the molecule is N#Cc1ccc2c(c1)c1cc(-c3c4ccccc4c(-c4c5ccccc5cc5ccccc45)c4ccccc34)ccc1n2-c1ccccc1. The predicted molar refractivity (Wildman–Crippen MR) is 206 cm³/mol. The van der Waals surface area contributed by atoms with Crippen molar-refractivity contribution < 1.29 is 0 Å².